The molecule has 0 radical (unpaired) electrons. The summed E-state index contributed by atoms with van der Waals surface area (Å²) in [4.78, 5) is 19.2. The van der Waals surface area contributed by atoms with Crippen molar-refractivity contribution < 1.29 is 9.00 Å². The van der Waals surface area contributed by atoms with Crippen LogP contribution in [-0.2, 0) is 24.5 Å². The molecule has 1 saturated heterocycles. The average Bonchev–Trinajstić information content (AvgIpc) is 2.72. The van der Waals surface area contributed by atoms with Crippen LogP contribution < -0.4 is 10.6 Å². The third-order valence-electron chi connectivity index (χ3n) is 5.87. The second kappa shape index (κ2) is 8.86. The molecule has 1 amide bonds. The molecule has 1 unspecified atom stereocenters. The number of fused-ring (bicyclic) bond motifs is 2. The van der Waals surface area contributed by atoms with Crippen LogP contribution >= 0.6 is 11.8 Å². The van der Waals surface area contributed by atoms with Crippen LogP contribution in [0.15, 0.2) is 57.2 Å². The lowest BCUT2D eigenvalue weighted by atomic mass is 9.96. The third-order valence-corrected chi connectivity index (χ3v) is 8.69. The van der Waals surface area contributed by atoms with Crippen molar-refractivity contribution in [2.24, 2.45) is 11.7 Å². The Morgan fingerprint density at radius 3 is 2.53 bits per heavy atom. The van der Waals surface area contributed by atoms with Crippen molar-refractivity contribution in [2.45, 2.75) is 33.9 Å². The SMILES string of the molecule is CS(=O)(=S)c1ccc2c(c1)N(CCCN1CCC(C(N)=O)CC1)c1ccccc1S2. The summed E-state index contributed by atoms with van der Waals surface area (Å²) in [6, 6.07) is 14.4. The van der Waals surface area contributed by atoms with Crippen molar-refractivity contribution in [3.8, 4) is 0 Å². The van der Waals surface area contributed by atoms with E-state index in [-0.39, 0.29) is 11.8 Å². The van der Waals surface area contributed by atoms with Crippen LogP contribution in [0, 0.1) is 5.92 Å². The summed E-state index contributed by atoms with van der Waals surface area (Å²) in [7, 11) is -2.44. The van der Waals surface area contributed by atoms with Crippen LogP contribution in [0.4, 0.5) is 11.4 Å². The fourth-order valence-corrected chi connectivity index (χ4v) is 6.20. The molecule has 2 aliphatic rings. The van der Waals surface area contributed by atoms with Gasteiger partial charge in [0.05, 0.1) is 19.9 Å². The summed E-state index contributed by atoms with van der Waals surface area (Å²) in [5, 5.41) is 0. The van der Waals surface area contributed by atoms with E-state index >= 15 is 0 Å². The minimum absolute atomic E-state index is 0.0276. The van der Waals surface area contributed by atoms with E-state index in [1.807, 2.05) is 18.2 Å². The Labute approximate surface area is 187 Å². The molecule has 1 atom stereocenters. The number of nitrogens with two attached hydrogens (primary N) is 1. The summed E-state index contributed by atoms with van der Waals surface area (Å²) in [5.41, 5.74) is 7.72. The predicted octanol–water partition coefficient (Wildman–Crippen LogP) is 3.61. The topological polar surface area (TPSA) is 66.6 Å². The minimum atomic E-state index is -2.44. The lowest BCUT2D eigenvalue weighted by Gasteiger charge is -2.35. The van der Waals surface area contributed by atoms with Gasteiger partial charge in [-0.1, -0.05) is 23.9 Å². The van der Waals surface area contributed by atoms with Crippen molar-refractivity contribution in [2.75, 3.05) is 37.3 Å². The Hall–Kier alpha value is -1.61. The summed E-state index contributed by atoms with van der Waals surface area (Å²) < 4.78 is 12.5. The molecular weight excluding hydrogens is 434 g/mol. The van der Waals surface area contributed by atoms with Crippen LogP contribution in [0.5, 0.6) is 0 Å². The normalized spacial score (nSPS) is 19.0. The number of piperidine rings is 1. The second-order valence-electron chi connectivity index (χ2n) is 7.99. The summed E-state index contributed by atoms with van der Waals surface area (Å²) in [5.74, 6) is -0.140. The molecule has 0 saturated carbocycles. The van der Waals surface area contributed by atoms with Gasteiger partial charge in [-0.25, -0.2) is 0 Å². The zero-order chi connectivity index (χ0) is 21.3. The van der Waals surface area contributed by atoms with E-state index in [4.69, 9.17) is 16.9 Å². The zero-order valence-electron chi connectivity index (χ0n) is 17.1. The van der Waals surface area contributed by atoms with E-state index in [1.54, 1.807) is 18.0 Å². The number of primary amides is 1. The number of hydrogen-bond acceptors (Lipinski definition) is 6. The standard InChI is InChI=1S/C22H27N3O2S3/c1-30(27,28)17-7-8-21-19(15-17)25(18-5-2-3-6-20(18)29-21)12-4-11-24-13-9-16(10-14-24)22(23)26/h2-3,5-8,15-16H,4,9-14H2,1H3,(H2,23,26). The quantitative estimate of drug-likeness (QED) is 0.709. The first-order valence-electron chi connectivity index (χ1n) is 10.2. The number of carbonyl (C=O) groups excluding carboxylic acids is 1. The second-order valence-corrected chi connectivity index (χ2v) is 13.0. The molecule has 5 nitrogen and oxygen atoms in total. The van der Waals surface area contributed by atoms with Crippen LogP contribution in [0.3, 0.4) is 0 Å². The number of amides is 1. The molecule has 2 N–H and O–H groups in total. The predicted molar refractivity (Wildman–Crippen MR) is 127 cm³/mol. The number of hydrogen-bond donors (Lipinski definition) is 1. The van der Waals surface area contributed by atoms with E-state index in [9.17, 15) is 9.00 Å². The molecule has 2 heterocycles. The Morgan fingerprint density at radius 2 is 1.83 bits per heavy atom. The van der Waals surface area contributed by atoms with Gasteiger partial charge in [-0.2, -0.15) is 0 Å². The molecule has 0 spiro atoms. The van der Waals surface area contributed by atoms with Gasteiger partial charge in [-0.3, -0.25) is 9.00 Å². The highest BCUT2D eigenvalue weighted by atomic mass is 32.8. The Kier molecular flexibility index (Phi) is 6.39. The van der Waals surface area contributed by atoms with Gasteiger partial charge in [-0.05, 0) is 80.4 Å². The van der Waals surface area contributed by atoms with Gasteiger partial charge in [0.15, 0.2) is 0 Å². The van der Waals surface area contributed by atoms with Crippen LogP contribution in [-0.4, -0.2) is 47.5 Å². The van der Waals surface area contributed by atoms with E-state index in [0.717, 1.165) is 56.0 Å². The Balaban J connectivity index is 1.50. The maximum Gasteiger partial charge on any atom is 0.220 e. The first kappa shape index (κ1) is 21.6. The van der Waals surface area contributed by atoms with Crippen molar-refractivity contribution in [1.29, 1.82) is 0 Å². The molecule has 0 bridgehead atoms. The highest BCUT2D eigenvalue weighted by molar-refractivity contribution is 8.32. The molecule has 2 aromatic carbocycles. The van der Waals surface area contributed by atoms with Crippen LogP contribution in [0.25, 0.3) is 0 Å². The lowest BCUT2D eigenvalue weighted by Crippen LogP contribution is -2.39. The fraction of sp³-hybridized carbons (Fsp3) is 0.409. The molecule has 30 heavy (non-hydrogen) atoms. The smallest absolute Gasteiger partial charge is 0.220 e. The van der Waals surface area contributed by atoms with E-state index in [2.05, 4.69) is 34.1 Å². The lowest BCUT2D eigenvalue weighted by molar-refractivity contribution is -0.123. The van der Waals surface area contributed by atoms with Gasteiger partial charge in [0.2, 0.25) is 5.91 Å². The summed E-state index contributed by atoms with van der Waals surface area (Å²) >= 11 is 6.98. The zero-order valence-corrected chi connectivity index (χ0v) is 19.5. The van der Waals surface area contributed by atoms with Crippen LogP contribution in [0.1, 0.15) is 19.3 Å². The molecule has 2 aromatic rings. The molecule has 0 aliphatic carbocycles. The number of likely N-dealkylation sites (tertiary alicyclic amines) is 1. The molecule has 0 aromatic heterocycles. The molecule has 4 rings (SSSR count). The molecule has 160 valence electrons. The molecule has 8 heteroatoms. The number of benzene rings is 2. The summed E-state index contributed by atoms with van der Waals surface area (Å²) in [6.07, 6.45) is 4.33. The van der Waals surface area contributed by atoms with E-state index < -0.39 is 8.49 Å². The third kappa shape index (κ3) is 4.66. The molecule has 1 fully saturated rings. The maximum absolute atomic E-state index is 12.5. The largest absolute Gasteiger partial charge is 0.369 e. The first-order chi connectivity index (χ1) is 14.3. The molecule has 2 aliphatic heterocycles. The van der Waals surface area contributed by atoms with Gasteiger partial charge in [-0.15, -0.1) is 0 Å². The monoisotopic (exact) mass is 461 g/mol. The first-order valence-corrected chi connectivity index (χ1v) is 13.9. The highest BCUT2D eigenvalue weighted by Crippen LogP contribution is 2.48. The average molecular weight is 462 g/mol. The Morgan fingerprint density at radius 1 is 1.13 bits per heavy atom. The number of para-hydroxylation sites is 1. The fourth-order valence-electron chi connectivity index (χ4n) is 4.17. The number of carbonyl (C=O) groups is 1. The van der Waals surface area contributed by atoms with Crippen molar-refractivity contribution >= 4 is 48.7 Å². The van der Waals surface area contributed by atoms with Gasteiger partial charge in [0.1, 0.15) is 0 Å². The number of nitrogens with zero attached hydrogens (tertiary/aromatic N) is 2. The van der Waals surface area contributed by atoms with Gasteiger partial charge in [0.25, 0.3) is 0 Å². The highest BCUT2D eigenvalue weighted by Gasteiger charge is 2.26. The maximum atomic E-state index is 12.5. The van der Waals surface area contributed by atoms with Gasteiger partial charge >= 0.3 is 0 Å². The van der Waals surface area contributed by atoms with Crippen molar-refractivity contribution in [1.82, 2.24) is 4.90 Å². The van der Waals surface area contributed by atoms with Crippen molar-refractivity contribution in [3.05, 3.63) is 42.5 Å². The molecular formula is C22H27N3O2S3. The van der Waals surface area contributed by atoms with Crippen molar-refractivity contribution in [3.63, 3.8) is 0 Å². The van der Waals surface area contributed by atoms with E-state index in [0.29, 0.717) is 0 Å². The summed E-state index contributed by atoms with van der Waals surface area (Å²) in [6.45, 7) is 3.70. The van der Waals surface area contributed by atoms with Gasteiger partial charge in [0, 0.05) is 33.4 Å². The van der Waals surface area contributed by atoms with Gasteiger partial charge < -0.3 is 15.5 Å². The number of anilines is 2. The van der Waals surface area contributed by atoms with E-state index in [1.165, 1.54) is 15.5 Å². The Bertz CT molecular complexity index is 1050. The van der Waals surface area contributed by atoms with Crippen LogP contribution in [0.2, 0.25) is 0 Å². The number of rotatable bonds is 6. The minimum Gasteiger partial charge on any atom is -0.369 e.